The third-order valence-electron chi connectivity index (χ3n) is 5.34. The smallest absolute Gasteiger partial charge is 0.252 e. The molecule has 3 heterocycles. The van der Waals surface area contributed by atoms with Gasteiger partial charge in [-0.1, -0.05) is 32.4 Å². The van der Waals surface area contributed by atoms with Crippen molar-refractivity contribution in [1.82, 2.24) is 29.5 Å². The van der Waals surface area contributed by atoms with E-state index in [4.69, 9.17) is 11.6 Å². The number of hydrogen-bond acceptors (Lipinski definition) is 5. The predicted octanol–water partition coefficient (Wildman–Crippen LogP) is 4.60. The molecule has 0 fully saturated rings. The number of hydrogen-bond donors (Lipinski definition) is 1. The average Bonchev–Trinajstić information content (AvgIpc) is 3.31. The van der Waals surface area contributed by atoms with Crippen molar-refractivity contribution < 1.29 is 4.79 Å². The topological polar surface area (TPSA) is 90.5 Å². The van der Waals surface area contributed by atoms with Gasteiger partial charge in [-0.15, -0.1) is 0 Å². The quantitative estimate of drug-likeness (QED) is 0.467. The molecule has 170 valence electrons. The molecule has 1 amide bonds. The Morgan fingerprint density at radius 3 is 2.33 bits per heavy atom. The number of aromatic nitrogens is 6. The van der Waals surface area contributed by atoms with Crippen LogP contribution in [0.1, 0.15) is 43.4 Å². The van der Waals surface area contributed by atoms with Crippen LogP contribution in [-0.4, -0.2) is 35.4 Å². The summed E-state index contributed by atoms with van der Waals surface area (Å²) in [6, 6.07) is 11.0. The van der Waals surface area contributed by atoms with Crippen LogP contribution in [0.3, 0.4) is 0 Å². The number of aryl methyl sites for hydroxylation is 1. The fourth-order valence-electron chi connectivity index (χ4n) is 3.50. The van der Waals surface area contributed by atoms with Crippen LogP contribution in [0.15, 0.2) is 48.8 Å². The van der Waals surface area contributed by atoms with Crippen LogP contribution < -0.4 is 5.32 Å². The minimum Gasteiger partial charge on any atom is -0.310 e. The highest BCUT2D eigenvalue weighted by molar-refractivity contribution is 6.30. The molecule has 9 heteroatoms. The van der Waals surface area contributed by atoms with E-state index >= 15 is 0 Å². The third-order valence-corrected chi connectivity index (χ3v) is 5.59. The highest BCUT2D eigenvalue weighted by atomic mass is 35.5. The SMILES string of the molecule is Cc1nn(-c2ccc(Cl)cc2)c(C)c1CC(=O)Nc1cc(C(C)(C)C)nn1-c1ncccn1. The molecule has 4 aromatic rings. The van der Waals surface area contributed by atoms with Crippen LogP contribution in [0.25, 0.3) is 11.6 Å². The van der Waals surface area contributed by atoms with Gasteiger partial charge in [-0.3, -0.25) is 4.79 Å². The van der Waals surface area contributed by atoms with Crippen molar-refractivity contribution in [2.24, 2.45) is 0 Å². The van der Waals surface area contributed by atoms with Crippen molar-refractivity contribution in [3.63, 3.8) is 0 Å². The second-order valence-corrected chi connectivity index (χ2v) is 9.32. The molecular weight excluding hydrogens is 438 g/mol. The molecule has 0 atom stereocenters. The molecule has 3 aromatic heterocycles. The Labute approximate surface area is 197 Å². The van der Waals surface area contributed by atoms with E-state index in [1.54, 1.807) is 23.1 Å². The molecule has 0 saturated carbocycles. The maximum Gasteiger partial charge on any atom is 0.252 e. The van der Waals surface area contributed by atoms with E-state index < -0.39 is 0 Å². The summed E-state index contributed by atoms with van der Waals surface area (Å²) in [6.07, 6.45) is 3.46. The molecule has 0 aliphatic carbocycles. The molecule has 1 aromatic carbocycles. The zero-order chi connectivity index (χ0) is 23.8. The summed E-state index contributed by atoms with van der Waals surface area (Å²) in [5.74, 6) is 0.747. The van der Waals surface area contributed by atoms with Crippen LogP contribution in [-0.2, 0) is 16.6 Å². The van der Waals surface area contributed by atoms with Gasteiger partial charge in [0.2, 0.25) is 5.91 Å². The van der Waals surface area contributed by atoms with Crippen LogP contribution in [0, 0.1) is 13.8 Å². The second kappa shape index (κ2) is 8.78. The second-order valence-electron chi connectivity index (χ2n) is 8.89. The molecule has 8 nitrogen and oxygen atoms in total. The first-order valence-electron chi connectivity index (χ1n) is 10.6. The van der Waals surface area contributed by atoms with Gasteiger partial charge in [0.1, 0.15) is 5.82 Å². The van der Waals surface area contributed by atoms with E-state index in [-0.39, 0.29) is 17.7 Å². The van der Waals surface area contributed by atoms with Gasteiger partial charge in [-0.25, -0.2) is 14.6 Å². The van der Waals surface area contributed by atoms with Crippen LogP contribution >= 0.6 is 11.6 Å². The van der Waals surface area contributed by atoms with Crippen LogP contribution in [0.2, 0.25) is 5.02 Å². The monoisotopic (exact) mass is 463 g/mol. The predicted molar refractivity (Wildman–Crippen MR) is 128 cm³/mol. The molecule has 0 radical (unpaired) electrons. The normalized spacial score (nSPS) is 11.6. The lowest BCUT2D eigenvalue weighted by Crippen LogP contribution is -2.18. The summed E-state index contributed by atoms with van der Waals surface area (Å²) < 4.78 is 3.39. The Kier molecular flexibility index (Phi) is 6.03. The van der Waals surface area contributed by atoms with Gasteiger partial charge in [0.05, 0.1) is 23.5 Å². The summed E-state index contributed by atoms with van der Waals surface area (Å²) in [5.41, 5.74) is 4.09. The van der Waals surface area contributed by atoms with E-state index in [2.05, 4.69) is 46.3 Å². The lowest BCUT2D eigenvalue weighted by atomic mass is 9.92. The lowest BCUT2D eigenvalue weighted by Gasteiger charge is -2.13. The van der Waals surface area contributed by atoms with Crippen LogP contribution in [0.4, 0.5) is 5.82 Å². The van der Waals surface area contributed by atoms with E-state index in [1.165, 1.54) is 0 Å². The summed E-state index contributed by atoms with van der Waals surface area (Å²) in [5, 5.41) is 12.9. The number of carbonyl (C=O) groups is 1. The van der Waals surface area contributed by atoms with Crippen molar-refractivity contribution in [2.45, 2.75) is 46.5 Å². The fraction of sp³-hybridized carbons (Fsp3) is 0.292. The van der Waals surface area contributed by atoms with E-state index in [0.717, 1.165) is 28.3 Å². The van der Waals surface area contributed by atoms with Crippen molar-refractivity contribution >= 4 is 23.3 Å². The standard InChI is InChI=1S/C24H26ClN7O/c1-15-19(16(2)31(29-15)18-9-7-17(25)8-10-18)13-22(33)28-21-14-20(24(3,4)5)30-32(21)23-26-11-6-12-27-23/h6-12,14H,13H2,1-5H3,(H,28,33). The molecule has 33 heavy (non-hydrogen) atoms. The van der Waals surface area contributed by atoms with Gasteiger partial charge >= 0.3 is 0 Å². The van der Waals surface area contributed by atoms with Gasteiger partial charge in [0, 0.05) is 40.2 Å². The Bertz CT molecular complexity index is 1290. The fourth-order valence-corrected chi connectivity index (χ4v) is 3.63. The van der Waals surface area contributed by atoms with Crippen molar-refractivity contribution in [2.75, 3.05) is 5.32 Å². The molecule has 0 aliphatic rings. The van der Waals surface area contributed by atoms with E-state index in [9.17, 15) is 4.79 Å². The summed E-state index contributed by atoms with van der Waals surface area (Å²) in [7, 11) is 0. The minimum atomic E-state index is -0.202. The van der Waals surface area contributed by atoms with E-state index in [0.29, 0.717) is 16.8 Å². The van der Waals surface area contributed by atoms with Crippen molar-refractivity contribution in [1.29, 1.82) is 0 Å². The molecule has 0 unspecified atom stereocenters. The molecule has 0 bridgehead atoms. The van der Waals surface area contributed by atoms with Gasteiger partial charge in [-0.2, -0.15) is 14.9 Å². The van der Waals surface area contributed by atoms with Crippen molar-refractivity contribution in [3.05, 3.63) is 76.5 Å². The van der Waals surface area contributed by atoms with Gasteiger partial charge in [0.15, 0.2) is 0 Å². The number of nitrogens with zero attached hydrogens (tertiary/aromatic N) is 6. The number of rotatable bonds is 5. The maximum atomic E-state index is 13.1. The largest absolute Gasteiger partial charge is 0.310 e. The number of benzene rings is 1. The third kappa shape index (κ3) is 4.80. The number of amides is 1. The van der Waals surface area contributed by atoms with Crippen molar-refractivity contribution in [3.8, 4) is 11.6 Å². The summed E-state index contributed by atoms with van der Waals surface area (Å²) >= 11 is 6.01. The first kappa shape index (κ1) is 22.7. The molecule has 4 rings (SSSR count). The van der Waals surface area contributed by atoms with Gasteiger partial charge in [-0.05, 0) is 44.2 Å². The number of nitrogens with one attached hydrogen (secondary N) is 1. The molecule has 1 N–H and O–H groups in total. The molecular formula is C24H26ClN7O. The Hall–Kier alpha value is -3.52. The minimum absolute atomic E-state index is 0.172. The maximum absolute atomic E-state index is 13.1. The first-order valence-corrected chi connectivity index (χ1v) is 11.0. The Morgan fingerprint density at radius 2 is 1.70 bits per heavy atom. The number of anilines is 1. The Balaban J connectivity index is 1.61. The average molecular weight is 464 g/mol. The molecule has 0 aliphatic heterocycles. The van der Waals surface area contributed by atoms with E-state index in [1.807, 2.05) is 48.9 Å². The number of carbonyl (C=O) groups excluding carboxylic acids is 1. The highest BCUT2D eigenvalue weighted by Gasteiger charge is 2.23. The zero-order valence-electron chi connectivity index (χ0n) is 19.3. The highest BCUT2D eigenvalue weighted by Crippen LogP contribution is 2.26. The summed E-state index contributed by atoms with van der Waals surface area (Å²) in [4.78, 5) is 21.6. The summed E-state index contributed by atoms with van der Waals surface area (Å²) in [6.45, 7) is 10.1. The van der Waals surface area contributed by atoms with Gasteiger partial charge < -0.3 is 5.32 Å². The molecule has 0 spiro atoms. The Morgan fingerprint density at radius 1 is 1.03 bits per heavy atom. The van der Waals surface area contributed by atoms with Gasteiger partial charge in [0.25, 0.3) is 5.95 Å². The lowest BCUT2D eigenvalue weighted by molar-refractivity contribution is -0.115. The van der Waals surface area contributed by atoms with Crippen LogP contribution in [0.5, 0.6) is 0 Å². The number of halogens is 1. The first-order chi connectivity index (χ1) is 15.6. The zero-order valence-corrected chi connectivity index (χ0v) is 20.1. The molecule has 0 saturated heterocycles.